The number of carboxylic acid groups (broad SMARTS) is 1. The molecule has 0 saturated carbocycles. The van der Waals surface area contributed by atoms with E-state index in [0.717, 1.165) is 57.8 Å². The number of quaternary nitrogens is 1. The van der Waals surface area contributed by atoms with E-state index in [2.05, 4.69) is 38.2 Å². The molecule has 0 saturated heterocycles. The highest BCUT2D eigenvalue weighted by atomic mass is 16.6. The Hall–Kier alpha value is -3.49. The third-order valence-corrected chi connectivity index (χ3v) is 8.69. The van der Waals surface area contributed by atoms with Gasteiger partial charge in [-0.05, 0) is 57.8 Å². The molecule has 0 aliphatic rings. The Morgan fingerprint density at radius 2 is 1.06 bits per heavy atom. The zero-order valence-corrected chi connectivity index (χ0v) is 34.6. The molecule has 0 radical (unpaired) electrons. The van der Waals surface area contributed by atoms with Crippen LogP contribution in [0.25, 0.3) is 0 Å². The monoisotopic (exact) mass is 755 g/mol. The fraction of sp³-hybridized carbons (Fsp3) is 0.630. The first-order chi connectivity index (χ1) is 26.1. The van der Waals surface area contributed by atoms with E-state index in [1.54, 1.807) is 0 Å². The number of carboxylic acids is 1. The summed E-state index contributed by atoms with van der Waals surface area (Å²) in [4.78, 5) is 36.9. The summed E-state index contributed by atoms with van der Waals surface area (Å²) in [6, 6.07) is -0.629. The Kier molecular flexibility index (Phi) is 34.1. The Balaban J connectivity index is 4.54. The number of ether oxygens (including phenoxy) is 3. The summed E-state index contributed by atoms with van der Waals surface area (Å²) in [6.07, 6.45) is 46.2. The molecule has 0 aromatic heterocycles. The zero-order chi connectivity index (χ0) is 40.0. The number of hydrogen-bond donors (Lipinski definition) is 1. The van der Waals surface area contributed by atoms with Crippen molar-refractivity contribution in [3.8, 4) is 0 Å². The molecule has 0 fully saturated rings. The lowest BCUT2D eigenvalue weighted by Gasteiger charge is -2.31. The minimum Gasteiger partial charge on any atom is -0.477 e. The van der Waals surface area contributed by atoms with Crippen molar-refractivity contribution in [2.45, 2.75) is 148 Å². The van der Waals surface area contributed by atoms with E-state index >= 15 is 0 Å². The van der Waals surface area contributed by atoms with Gasteiger partial charge >= 0.3 is 17.9 Å². The Morgan fingerprint density at radius 3 is 1.59 bits per heavy atom. The van der Waals surface area contributed by atoms with Crippen LogP contribution in [0.3, 0.4) is 0 Å². The van der Waals surface area contributed by atoms with Gasteiger partial charge in [0.25, 0.3) is 0 Å². The largest absolute Gasteiger partial charge is 0.477 e. The second-order valence-electron chi connectivity index (χ2n) is 14.7. The first kappa shape index (κ1) is 50.5. The summed E-state index contributed by atoms with van der Waals surface area (Å²) in [5, 5.41) is 9.60. The number of nitrogens with zero attached hydrogens (tertiary/aromatic N) is 1. The third-order valence-electron chi connectivity index (χ3n) is 8.69. The lowest BCUT2D eigenvalue weighted by Crippen LogP contribution is -2.50. The Bertz CT molecular complexity index is 1160. The van der Waals surface area contributed by atoms with E-state index in [-0.39, 0.29) is 42.7 Å². The van der Waals surface area contributed by atoms with Crippen LogP contribution in [0.4, 0.5) is 0 Å². The maximum absolute atomic E-state index is 12.7. The fourth-order valence-electron chi connectivity index (χ4n) is 5.47. The van der Waals surface area contributed by atoms with Gasteiger partial charge in [0.1, 0.15) is 6.61 Å². The molecule has 1 N–H and O–H groups in total. The van der Waals surface area contributed by atoms with Crippen LogP contribution in [0.2, 0.25) is 0 Å². The average molecular weight is 755 g/mol. The van der Waals surface area contributed by atoms with E-state index in [1.807, 2.05) is 81.9 Å². The van der Waals surface area contributed by atoms with Gasteiger partial charge in [0.2, 0.25) is 0 Å². The molecule has 54 heavy (non-hydrogen) atoms. The topological polar surface area (TPSA) is 99.1 Å². The van der Waals surface area contributed by atoms with E-state index in [9.17, 15) is 19.5 Å². The van der Waals surface area contributed by atoms with E-state index in [1.165, 1.54) is 38.5 Å². The SMILES string of the molecule is CC/C=C/C=C/C=C/C=C/C=C/C=C/CCCCCC(=O)OC(COCCC(C(=O)O)[N+](C)(C)C)COC(=O)CCCCC/C=C/CCCCCCCC. The molecular weight excluding hydrogens is 679 g/mol. The van der Waals surface area contributed by atoms with Gasteiger partial charge in [0.15, 0.2) is 12.1 Å². The molecule has 0 amide bonds. The average Bonchev–Trinajstić information content (AvgIpc) is 3.12. The minimum absolute atomic E-state index is 0.0328. The molecule has 306 valence electrons. The Morgan fingerprint density at radius 1 is 0.574 bits per heavy atom. The van der Waals surface area contributed by atoms with Crippen LogP contribution in [0, 0.1) is 0 Å². The highest BCUT2D eigenvalue weighted by Crippen LogP contribution is 2.12. The molecule has 2 atom stereocenters. The first-order valence-corrected chi connectivity index (χ1v) is 20.7. The molecule has 2 unspecified atom stereocenters. The highest BCUT2D eigenvalue weighted by Gasteiger charge is 2.31. The maximum atomic E-state index is 12.7. The number of aliphatic carboxylic acids is 1. The van der Waals surface area contributed by atoms with Gasteiger partial charge in [-0.2, -0.15) is 0 Å². The van der Waals surface area contributed by atoms with Crippen LogP contribution in [-0.2, 0) is 28.6 Å². The smallest absolute Gasteiger partial charge is 0.362 e. The predicted octanol–water partition coefficient (Wildman–Crippen LogP) is 11.0. The molecule has 0 bridgehead atoms. The van der Waals surface area contributed by atoms with Crippen LogP contribution in [0.1, 0.15) is 136 Å². The van der Waals surface area contributed by atoms with Crippen molar-refractivity contribution in [1.82, 2.24) is 0 Å². The lowest BCUT2D eigenvalue weighted by atomic mass is 10.1. The number of likely N-dealkylation sites (N-methyl/N-ethyl adjacent to an activating group) is 1. The van der Waals surface area contributed by atoms with Gasteiger partial charge in [0.05, 0.1) is 34.4 Å². The van der Waals surface area contributed by atoms with Crippen molar-refractivity contribution in [1.29, 1.82) is 0 Å². The number of carbonyl (C=O) groups is 3. The number of allylic oxidation sites excluding steroid dienone is 14. The standard InChI is InChI=1S/C46H75NO7/c1-6-8-10-12-14-16-18-20-21-22-23-25-27-29-31-33-35-37-45(49)54-42(40-52-39-38-43(46(50)51)47(3,4)5)41-53-44(48)36-34-32-30-28-26-24-19-17-15-13-11-9-7-2/h8,10,12,14,16,18,20-27,42-43H,6-7,9,11,13,15,17,19,28-41H2,1-5H3/p+1/b10-8+,14-12+,18-16+,21-20+,23-22+,26-24+,27-25+. The van der Waals surface area contributed by atoms with E-state index in [0.29, 0.717) is 19.3 Å². The van der Waals surface area contributed by atoms with Crippen LogP contribution in [-0.4, -0.2) is 80.6 Å². The second kappa shape index (κ2) is 36.5. The summed E-state index contributed by atoms with van der Waals surface area (Å²) in [5.74, 6) is -1.56. The highest BCUT2D eigenvalue weighted by molar-refractivity contribution is 5.72. The van der Waals surface area contributed by atoms with Gasteiger partial charge in [0, 0.05) is 19.3 Å². The summed E-state index contributed by atoms with van der Waals surface area (Å²) < 4.78 is 17.2. The normalized spacial score (nSPS) is 13.9. The summed E-state index contributed by atoms with van der Waals surface area (Å²) >= 11 is 0. The predicted molar refractivity (Wildman–Crippen MR) is 224 cm³/mol. The lowest BCUT2D eigenvalue weighted by molar-refractivity contribution is -0.887. The number of esters is 2. The van der Waals surface area contributed by atoms with Gasteiger partial charge in [-0.15, -0.1) is 0 Å². The Labute approximate surface area is 329 Å². The summed E-state index contributed by atoms with van der Waals surface area (Å²) in [5.41, 5.74) is 0. The molecule has 0 aliphatic carbocycles. The fourth-order valence-corrected chi connectivity index (χ4v) is 5.47. The van der Waals surface area contributed by atoms with Gasteiger partial charge in [-0.1, -0.05) is 144 Å². The van der Waals surface area contributed by atoms with Crippen molar-refractivity contribution < 1.29 is 38.2 Å². The molecule has 0 spiro atoms. The van der Waals surface area contributed by atoms with Gasteiger partial charge in [-0.3, -0.25) is 9.59 Å². The van der Waals surface area contributed by atoms with Gasteiger partial charge in [-0.25, -0.2) is 4.79 Å². The van der Waals surface area contributed by atoms with Gasteiger partial charge < -0.3 is 23.8 Å². The van der Waals surface area contributed by atoms with Crippen LogP contribution in [0.5, 0.6) is 0 Å². The molecule has 0 rings (SSSR count). The maximum Gasteiger partial charge on any atom is 0.362 e. The molecule has 8 nitrogen and oxygen atoms in total. The van der Waals surface area contributed by atoms with Crippen LogP contribution < -0.4 is 0 Å². The minimum atomic E-state index is -0.889. The van der Waals surface area contributed by atoms with Crippen molar-refractivity contribution in [3.63, 3.8) is 0 Å². The number of carbonyl (C=O) groups excluding carboxylic acids is 2. The molecule has 8 heteroatoms. The molecule has 0 aromatic carbocycles. The number of unbranched alkanes of at least 4 members (excludes halogenated alkanes) is 12. The molecule has 0 aromatic rings. The molecular formula is C46H76NO7+. The van der Waals surface area contributed by atoms with Crippen molar-refractivity contribution in [2.75, 3.05) is 41.0 Å². The van der Waals surface area contributed by atoms with Crippen molar-refractivity contribution in [3.05, 3.63) is 85.1 Å². The summed E-state index contributed by atoms with van der Waals surface area (Å²) in [7, 11) is 5.49. The van der Waals surface area contributed by atoms with Crippen LogP contribution >= 0.6 is 0 Å². The van der Waals surface area contributed by atoms with Crippen molar-refractivity contribution >= 4 is 17.9 Å². The third kappa shape index (κ3) is 34.3. The number of hydrogen-bond acceptors (Lipinski definition) is 6. The zero-order valence-electron chi connectivity index (χ0n) is 34.6. The van der Waals surface area contributed by atoms with Crippen LogP contribution in [0.15, 0.2) is 85.1 Å². The van der Waals surface area contributed by atoms with E-state index in [4.69, 9.17) is 14.2 Å². The quantitative estimate of drug-likeness (QED) is 0.0226. The number of rotatable bonds is 35. The second-order valence-corrected chi connectivity index (χ2v) is 14.7. The van der Waals surface area contributed by atoms with Crippen molar-refractivity contribution in [2.24, 2.45) is 0 Å². The molecule has 0 heterocycles. The molecule has 0 aliphatic heterocycles. The van der Waals surface area contributed by atoms with E-state index < -0.39 is 18.1 Å². The summed E-state index contributed by atoms with van der Waals surface area (Å²) in [6.45, 7) is 4.49. The first-order valence-electron chi connectivity index (χ1n) is 20.7.